The fourth-order valence-electron chi connectivity index (χ4n) is 3.52. The third-order valence-electron chi connectivity index (χ3n) is 4.71. The molecule has 7 heteroatoms. The zero-order valence-corrected chi connectivity index (χ0v) is 15.5. The quantitative estimate of drug-likeness (QED) is 0.894. The van der Waals surface area contributed by atoms with Crippen molar-refractivity contribution in [1.82, 2.24) is 9.78 Å². The van der Waals surface area contributed by atoms with Crippen molar-refractivity contribution in [3.63, 3.8) is 0 Å². The van der Waals surface area contributed by atoms with Crippen LogP contribution in [0.25, 0.3) is 0 Å². The molecule has 1 atom stereocenters. The molecule has 0 spiro atoms. The molecule has 0 fully saturated rings. The summed E-state index contributed by atoms with van der Waals surface area (Å²) in [5.41, 5.74) is 1.72. The van der Waals surface area contributed by atoms with Crippen molar-refractivity contribution in [2.45, 2.75) is 38.6 Å². The first-order valence-electron chi connectivity index (χ1n) is 8.74. The number of carbonyl (C=O) groups is 1. The Labute approximate surface area is 152 Å². The number of aromatic nitrogens is 2. The summed E-state index contributed by atoms with van der Waals surface area (Å²) in [5.74, 6) is 2.51. The number of nitrogens with zero attached hydrogens (tertiary/aromatic N) is 2. The Bertz CT molecular complexity index is 849. The maximum atomic E-state index is 12.4. The van der Waals surface area contributed by atoms with Gasteiger partial charge in [0.1, 0.15) is 19.0 Å². The number of benzene rings is 1. The monoisotopic (exact) mass is 357 g/mol. The van der Waals surface area contributed by atoms with Gasteiger partial charge in [0.25, 0.3) is 0 Å². The molecule has 2 aliphatic rings. The van der Waals surface area contributed by atoms with E-state index < -0.39 is 0 Å². The Kier molecular flexibility index (Phi) is 3.82. The first kappa shape index (κ1) is 16.8. The van der Waals surface area contributed by atoms with Crippen LogP contribution in [-0.4, -0.2) is 36.0 Å². The summed E-state index contributed by atoms with van der Waals surface area (Å²) in [6, 6.07) is 3.87. The van der Waals surface area contributed by atoms with Crippen LogP contribution in [-0.2, 0) is 10.3 Å². The number of amides is 1. The van der Waals surface area contributed by atoms with Gasteiger partial charge in [0.05, 0.1) is 18.8 Å². The number of rotatable bonds is 2. The molecule has 0 saturated heterocycles. The van der Waals surface area contributed by atoms with Crippen molar-refractivity contribution in [1.29, 1.82) is 0 Å². The van der Waals surface area contributed by atoms with Crippen molar-refractivity contribution < 1.29 is 19.0 Å². The molecule has 0 aliphatic carbocycles. The van der Waals surface area contributed by atoms with E-state index >= 15 is 0 Å². The Morgan fingerprint density at radius 1 is 1.27 bits per heavy atom. The molecule has 0 radical (unpaired) electrons. The molecule has 0 saturated carbocycles. The summed E-state index contributed by atoms with van der Waals surface area (Å²) in [6.45, 7) is 7.17. The fourth-order valence-corrected chi connectivity index (χ4v) is 3.52. The number of nitrogens with one attached hydrogen (secondary N) is 1. The van der Waals surface area contributed by atoms with Gasteiger partial charge in [-0.3, -0.25) is 4.79 Å². The largest absolute Gasteiger partial charge is 0.493 e. The number of anilines is 1. The highest BCUT2D eigenvalue weighted by molar-refractivity contribution is 5.94. The molecule has 0 bridgehead atoms. The van der Waals surface area contributed by atoms with Crippen molar-refractivity contribution in [3.05, 3.63) is 29.5 Å². The van der Waals surface area contributed by atoms with Crippen molar-refractivity contribution >= 4 is 11.7 Å². The maximum Gasteiger partial charge on any atom is 0.226 e. The van der Waals surface area contributed by atoms with E-state index in [0.717, 1.165) is 16.9 Å². The lowest BCUT2D eigenvalue weighted by Crippen LogP contribution is -2.30. The number of hydrogen-bond donors (Lipinski definition) is 1. The standard InChI is InChI=1S/C19H23N3O4/c1-19(2,3)22-18-13(10-20-22)12(9-16(23)21-18)11-7-14(24-4)17-15(8-11)25-5-6-26-17/h7-8,10,12H,5-6,9H2,1-4H3,(H,21,23)/t12-/m1/s1. The average Bonchev–Trinajstić information content (AvgIpc) is 3.04. The number of ether oxygens (including phenoxy) is 3. The fraction of sp³-hybridized carbons (Fsp3) is 0.474. The topological polar surface area (TPSA) is 74.6 Å². The van der Waals surface area contributed by atoms with Gasteiger partial charge in [0.2, 0.25) is 11.7 Å². The van der Waals surface area contributed by atoms with Crippen LogP contribution >= 0.6 is 0 Å². The Hall–Kier alpha value is -2.70. The van der Waals surface area contributed by atoms with Crippen LogP contribution in [0.2, 0.25) is 0 Å². The highest BCUT2D eigenvalue weighted by Crippen LogP contribution is 2.46. The lowest BCUT2D eigenvalue weighted by atomic mass is 9.87. The van der Waals surface area contributed by atoms with E-state index in [0.29, 0.717) is 36.9 Å². The van der Waals surface area contributed by atoms with Crippen LogP contribution in [0.1, 0.15) is 44.2 Å². The third-order valence-corrected chi connectivity index (χ3v) is 4.71. The molecule has 1 N–H and O–H groups in total. The Morgan fingerprint density at radius 3 is 2.77 bits per heavy atom. The lowest BCUT2D eigenvalue weighted by Gasteiger charge is -2.29. The molecular weight excluding hydrogens is 334 g/mol. The second kappa shape index (κ2) is 5.93. The molecule has 1 aromatic heterocycles. The van der Waals surface area contributed by atoms with E-state index in [1.165, 1.54) is 0 Å². The van der Waals surface area contributed by atoms with Crippen LogP contribution in [0.15, 0.2) is 18.3 Å². The molecule has 3 heterocycles. The van der Waals surface area contributed by atoms with Crippen molar-refractivity contribution in [2.24, 2.45) is 0 Å². The van der Waals surface area contributed by atoms with Crippen LogP contribution in [0.5, 0.6) is 17.2 Å². The molecule has 1 aromatic carbocycles. The summed E-state index contributed by atoms with van der Waals surface area (Å²) in [5, 5.41) is 7.50. The predicted octanol–water partition coefficient (Wildman–Crippen LogP) is 2.89. The third kappa shape index (κ3) is 2.67. The second-order valence-corrected chi connectivity index (χ2v) is 7.58. The average molecular weight is 357 g/mol. The Morgan fingerprint density at radius 2 is 2.04 bits per heavy atom. The first-order valence-corrected chi connectivity index (χ1v) is 8.74. The SMILES string of the molecule is COc1cc([C@H]2CC(=O)Nc3c2cnn3C(C)(C)C)cc2c1OCCO2. The minimum absolute atomic E-state index is 0.0256. The van der Waals surface area contributed by atoms with E-state index in [1.54, 1.807) is 7.11 Å². The van der Waals surface area contributed by atoms with Gasteiger partial charge in [-0.05, 0) is 38.5 Å². The molecule has 138 valence electrons. The first-order chi connectivity index (χ1) is 12.4. The zero-order valence-electron chi connectivity index (χ0n) is 15.5. The van der Waals surface area contributed by atoms with Crippen LogP contribution in [0.3, 0.4) is 0 Å². The predicted molar refractivity (Wildman–Crippen MR) is 96.3 cm³/mol. The minimum Gasteiger partial charge on any atom is -0.493 e. The van der Waals surface area contributed by atoms with Gasteiger partial charge >= 0.3 is 0 Å². The van der Waals surface area contributed by atoms with E-state index in [4.69, 9.17) is 14.2 Å². The van der Waals surface area contributed by atoms with E-state index in [1.807, 2.05) is 23.0 Å². The minimum atomic E-state index is -0.229. The number of fused-ring (bicyclic) bond motifs is 2. The molecular formula is C19H23N3O4. The molecule has 2 aromatic rings. The molecule has 26 heavy (non-hydrogen) atoms. The maximum absolute atomic E-state index is 12.4. The summed E-state index contributed by atoms with van der Waals surface area (Å²) < 4.78 is 18.8. The summed E-state index contributed by atoms with van der Waals surface area (Å²) >= 11 is 0. The van der Waals surface area contributed by atoms with Gasteiger partial charge < -0.3 is 19.5 Å². The van der Waals surface area contributed by atoms with Gasteiger partial charge in [-0.15, -0.1) is 0 Å². The molecule has 1 amide bonds. The van der Waals surface area contributed by atoms with Crippen LogP contribution in [0, 0.1) is 0 Å². The smallest absolute Gasteiger partial charge is 0.226 e. The normalized spacial score (nSPS) is 18.9. The Balaban J connectivity index is 1.83. The zero-order chi connectivity index (χ0) is 18.5. The van der Waals surface area contributed by atoms with Gasteiger partial charge in [0.15, 0.2) is 11.5 Å². The molecule has 4 rings (SSSR count). The van der Waals surface area contributed by atoms with Crippen molar-refractivity contribution in [2.75, 3.05) is 25.6 Å². The molecule has 2 aliphatic heterocycles. The van der Waals surface area contributed by atoms with Crippen LogP contribution < -0.4 is 19.5 Å². The van der Waals surface area contributed by atoms with Gasteiger partial charge in [-0.25, -0.2) is 4.68 Å². The van der Waals surface area contributed by atoms with Gasteiger partial charge in [-0.2, -0.15) is 5.10 Å². The summed E-state index contributed by atoms with van der Waals surface area (Å²) in [6.07, 6.45) is 2.19. The highest BCUT2D eigenvalue weighted by atomic mass is 16.6. The lowest BCUT2D eigenvalue weighted by molar-refractivity contribution is -0.116. The highest BCUT2D eigenvalue weighted by Gasteiger charge is 2.34. The second-order valence-electron chi connectivity index (χ2n) is 7.58. The molecule has 7 nitrogen and oxygen atoms in total. The number of hydrogen-bond acceptors (Lipinski definition) is 5. The number of carbonyl (C=O) groups excluding carboxylic acids is 1. The van der Waals surface area contributed by atoms with E-state index in [9.17, 15) is 4.79 Å². The molecule has 0 unspecified atom stereocenters. The van der Waals surface area contributed by atoms with Crippen molar-refractivity contribution in [3.8, 4) is 17.2 Å². The van der Waals surface area contributed by atoms with Crippen LogP contribution in [0.4, 0.5) is 5.82 Å². The summed E-state index contributed by atoms with van der Waals surface area (Å²) in [7, 11) is 1.61. The van der Waals surface area contributed by atoms with E-state index in [-0.39, 0.29) is 17.4 Å². The van der Waals surface area contributed by atoms with E-state index in [2.05, 4.69) is 31.2 Å². The summed E-state index contributed by atoms with van der Waals surface area (Å²) in [4.78, 5) is 12.4. The van der Waals surface area contributed by atoms with Gasteiger partial charge in [-0.1, -0.05) is 0 Å². The number of methoxy groups -OCH3 is 1. The van der Waals surface area contributed by atoms with Gasteiger partial charge in [0, 0.05) is 17.9 Å².